The zero-order valence-corrected chi connectivity index (χ0v) is 16.1. The van der Waals surface area contributed by atoms with Crippen molar-refractivity contribution in [1.29, 1.82) is 0 Å². The number of rotatable bonds is 7. The van der Waals surface area contributed by atoms with Gasteiger partial charge in [-0.1, -0.05) is 12.1 Å². The molecule has 1 heterocycles. The summed E-state index contributed by atoms with van der Waals surface area (Å²) in [5.41, 5.74) is 0.941. The van der Waals surface area contributed by atoms with Crippen molar-refractivity contribution in [3.05, 3.63) is 29.8 Å². The molecule has 0 aliphatic carbocycles. The highest BCUT2D eigenvalue weighted by Gasteiger charge is 2.26. The van der Waals surface area contributed by atoms with Crippen LogP contribution in [-0.2, 0) is 30.6 Å². The Balaban J connectivity index is 1.78. The third kappa shape index (κ3) is 6.04. The van der Waals surface area contributed by atoms with Crippen LogP contribution in [0.2, 0.25) is 0 Å². The molecule has 0 bridgehead atoms. The number of amides is 1. The van der Waals surface area contributed by atoms with E-state index in [0.29, 0.717) is 31.7 Å². The van der Waals surface area contributed by atoms with Gasteiger partial charge in [0.15, 0.2) is 9.84 Å². The summed E-state index contributed by atoms with van der Waals surface area (Å²) >= 11 is 1.53. The van der Waals surface area contributed by atoms with Crippen LogP contribution in [0.1, 0.15) is 18.4 Å². The molecule has 0 unspecified atom stereocenters. The predicted octanol–water partition coefficient (Wildman–Crippen LogP) is 1.53. The maximum atomic E-state index is 12.3. The predicted molar refractivity (Wildman–Crippen MR) is 97.3 cm³/mol. The van der Waals surface area contributed by atoms with Gasteiger partial charge in [-0.15, -0.1) is 11.8 Å². The van der Waals surface area contributed by atoms with Crippen LogP contribution in [0.4, 0.5) is 0 Å². The van der Waals surface area contributed by atoms with Gasteiger partial charge < -0.3 is 9.64 Å². The third-order valence-electron chi connectivity index (χ3n) is 4.14. The van der Waals surface area contributed by atoms with Crippen molar-refractivity contribution in [2.45, 2.75) is 29.4 Å². The third-order valence-corrected chi connectivity index (χ3v) is 6.53. The molecule has 0 saturated carbocycles. The zero-order valence-electron chi connectivity index (χ0n) is 14.4. The highest BCUT2D eigenvalue weighted by atomic mass is 32.2. The van der Waals surface area contributed by atoms with E-state index in [1.54, 1.807) is 24.3 Å². The molecule has 0 aromatic heterocycles. The normalized spacial score (nSPS) is 17.5. The van der Waals surface area contributed by atoms with Gasteiger partial charge in [0.05, 0.1) is 17.8 Å². The number of ether oxygens (including phenoxy) is 1. The minimum Gasteiger partial charge on any atom is -0.468 e. The Hall–Kier alpha value is -1.54. The number of likely N-dealkylation sites (tertiary alicyclic amines) is 1. The number of methoxy groups -OCH3 is 1. The lowest BCUT2D eigenvalue weighted by Gasteiger charge is -2.16. The molecule has 0 N–H and O–H groups in total. The molecule has 1 aliphatic heterocycles. The number of benzene rings is 1. The van der Waals surface area contributed by atoms with Gasteiger partial charge in [0.1, 0.15) is 0 Å². The topological polar surface area (TPSA) is 80.8 Å². The second-order valence-corrected chi connectivity index (χ2v) is 9.36. The SMILES string of the molecule is COC(=O)CS[C@@H]1CCN(C(=O)CCc2ccc(S(C)(=O)=O)cc2)C1. The van der Waals surface area contributed by atoms with E-state index in [-0.39, 0.29) is 22.0 Å². The quantitative estimate of drug-likeness (QED) is 0.662. The van der Waals surface area contributed by atoms with Crippen molar-refractivity contribution in [2.75, 3.05) is 32.2 Å². The minimum atomic E-state index is -3.19. The van der Waals surface area contributed by atoms with Gasteiger partial charge in [0.25, 0.3) is 0 Å². The maximum Gasteiger partial charge on any atom is 0.315 e. The summed E-state index contributed by atoms with van der Waals surface area (Å²) in [5.74, 6) is 0.163. The van der Waals surface area contributed by atoms with Gasteiger partial charge in [-0.05, 0) is 30.5 Å². The van der Waals surface area contributed by atoms with E-state index in [4.69, 9.17) is 0 Å². The Bertz CT molecular complexity index is 715. The first-order chi connectivity index (χ1) is 11.8. The molecule has 8 heteroatoms. The van der Waals surface area contributed by atoms with E-state index in [9.17, 15) is 18.0 Å². The molecule has 1 saturated heterocycles. The average Bonchev–Trinajstić information content (AvgIpc) is 3.06. The fourth-order valence-electron chi connectivity index (χ4n) is 2.65. The van der Waals surface area contributed by atoms with Gasteiger partial charge in [-0.25, -0.2) is 8.42 Å². The smallest absolute Gasteiger partial charge is 0.315 e. The number of carbonyl (C=O) groups excluding carboxylic acids is 2. The molecule has 1 atom stereocenters. The Labute approximate surface area is 152 Å². The van der Waals surface area contributed by atoms with Crippen LogP contribution in [0.25, 0.3) is 0 Å². The van der Waals surface area contributed by atoms with Crippen molar-refractivity contribution in [3.63, 3.8) is 0 Å². The van der Waals surface area contributed by atoms with Crippen molar-refractivity contribution >= 4 is 33.5 Å². The van der Waals surface area contributed by atoms with E-state index in [2.05, 4.69) is 4.74 Å². The number of sulfone groups is 1. The van der Waals surface area contributed by atoms with Gasteiger partial charge in [0, 0.05) is 31.0 Å². The van der Waals surface area contributed by atoms with Gasteiger partial charge >= 0.3 is 5.97 Å². The highest BCUT2D eigenvalue weighted by Crippen LogP contribution is 2.23. The largest absolute Gasteiger partial charge is 0.468 e. The van der Waals surface area contributed by atoms with E-state index in [0.717, 1.165) is 12.0 Å². The second-order valence-electron chi connectivity index (χ2n) is 6.05. The summed E-state index contributed by atoms with van der Waals surface area (Å²) in [6.07, 6.45) is 3.04. The average molecular weight is 386 g/mol. The van der Waals surface area contributed by atoms with Crippen LogP contribution in [-0.4, -0.2) is 62.7 Å². The Morgan fingerprint density at radius 1 is 1.28 bits per heavy atom. The van der Waals surface area contributed by atoms with Crippen LogP contribution in [0.5, 0.6) is 0 Å². The Morgan fingerprint density at radius 3 is 2.56 bits per heavy atom. The molecule has 1 fully saturated rings. The van der Waals surface area contributed by atoms with E-state index in [1.807, 2.05) is 4.90 Å². The first-order valence-electron chi connectivity index (χ1n) is 8.05. The van der Waals surface area contributed by atoms with Crippen LogP contribution >= 0.6 is 11.8 Å². The number of nitrogens with zero attached hydrogens (tertiary/aromatic N) is 1. The molecule has 1 aliphatic rings. The summed E-state index contributed by atoms with van der Waals surface area (Å²) in [5, 5.41) is 0.275. The van der Waals surface area contributed by atoms with Crippen LogP contribution in [0, 0.1) is 0 Å². The number of carbonyl (C=O) groups is 2. The zero-order chi connectivity index (χ0) is 18.4. The number of thioether (sulfide) groups is 1. The molecule has 0 radical (unpaired) electrons. The number of esters is 1. The first-order valence-corrected chi connectivity index (χ1v) is 11.0. The van der Waals surface area contributed by atoms with E-state index >= 15 is 0 Å². The fraction of sp³-hybridized carbons (Fsp3) is 0.529. The molecule has 1 aromatic rings. The fourth-order valence-corrected chi connectivity index (χ4v) is 4.33. The molecule has 1 amide bonds. The monoisotopic (exact) mass is 385 g/mol. The van der Waals surface area contributed by atoms with E-state index in [1.165, 1.54) is 25.1 Å². The molecule has 138 valence electrons. The summed E-state index contributed by atoms with van der Waals surface area (Å²) in [6.45, 7) is 1.37. The number of hydrogen-bond acceptors (Lipinski definition) is 6. The molecular weight excluding hydrogens is 362 g/mol. The summed E-state index contributed by atoms with van der Waals surface area (Å²) in [6, 6.07) is 6.65. The van der Waals surface area contributed by atoms with Crippen LogP contribution in [0.3, 0.4) is 0 Å². The first kappa shape index (κ1) is 19.8. The number of hydrogen-bond donors (Lipinski definition) is 0. The lowest BCUT2D eigenvalue weighted by atomic mass is 10.1. The molecule has 0 spiro atoms. The van der Waals surface area contributed by atoms with Crippen molar-refractivity contribution in [2.24, 2.45) is 0 Å². The molecule has 1 aromatic carbocycles. The summed E-state index contributed by atoms with van der Waals surface area (Å²) in [7, 11) is -1.82. The van der Waals surface area contributed by atoms with Gasteiger partial charge in [-0.3, -0.25) is 9.59 Å². The molecule has 6 nitrogen and oxygen atoms in total. The number of aryl methyl sites for hydroxylation is 1. The summed E-state index contributed by atoms with van der Waals surface area (Å²) in [4.78, 5) is 25.6. The summed E-state index contributed by atoms with van der Waals surface area (Å²) < 4.78 is 27.5. The lowest BCUT2D eigenvalue weighted by molar-refractivity contribution is -0.137. The van der Waals surface area contributed by atoms with Crippen molar-refractivity contribution in [1.82, 2.24) is 4.90 Å². The van der Waals surface area contributed by atoms with Crippen LogP contribution < -0.4 is 0 Å². The second kappa shape index (κ2) is 8.71. The maximum absolute atomic E-state index is 12.3. The highest BCUT2D eigenvalue weighted by molar-refractivity contribution is 8.00. The van der Waals surface area contributed by atoms with Gasteiger partial charge in [-0.2, -0.15) is 0 Å². The molecular formula is C17H23NO5S2. The Morgan fingerprint density at radius 2 is 1.96 bits per heavy atom. The Kier molecular flexibility index (Phi) is 6.89. The molecule has 25 heavy (non-hydrogen) atoms. The molecule has 2 rings (SSSR count). The van der Waals surface area contributed by atoms with Crippen LogP contribution in [0.15, 0.2) is 29.2 Å². The van der Waals surface area contributed by atoms with Gasteiger partial charge in [0.2, 0.25) is 5.91 Å². The van der Waals surface area contributed by atoms with Crippen molar-refractivity contribution < 1.29 is 22.7 Å². The lowest BCUT2D eigenvalue weighted by Crippen LogP contribution is -2.29. The van der Waals surface area contributed by atoms with Crippen molar-refractivity contribution in [3.8, 4) is 0 Å². The minimum absolute atomic E-state index is 0.0911. The standard InChI is InChI=1S/C17H23NO5S2/c1-23-17(20)12-24-14-9-10-18(11-14)16(19)8-5-13-3-6-15(7-4-13)25(2,21)22/h3-4,6-7,14H,5,8-12H2,1-2H3/t14-/m1/s1. The van der Waals surface area contributed by atoms with E-state index < -0.39 is 9.84 Å².